The van der Waals surface area contributed by atoms with Gasteiger partial charge in [0.1, 0.15) is 5.76 Å². The van der Waals surface area contributed by atoms with Crippen molar-refractivity contribution in [3.05, 3.63) is 23.7 Å². The minimum Gasteiger partial charge on any atom is -0.475 e. The van der Waals surface area contributed by atoms with Crippen LogP contribution in [-0.4, -0.2) is 17.1 Å². The van der Waals surface area contributed by atoms with Crippen LogP contribution < -0.4 is 5.32 Å². The summed E-state index contributed by atoms with van der Waals surface area (Å²) in [5.74, 6) is -0.382. The molecular weight excluding hydrogens is 194 g/mol. The zero-order chi connectivity index (χ0) is 11.4. The molecule has 1 heterocycles. The van der Waals surface area contributed by atoms with Crippen molar-refractivity contribution in [3.63, 3.8) is 0 Å². The van der Waals surface area contributed by atoms with E-state index in [2.05, 4.69) is 19.2 Å². The van der Waals surface area contributed by atoms with Crippen molar-refractivity contribution in [1.29, 1.82) is 0 Å². The van der Waals surface area contributed by atoms with Crippen LogP contribution in [0.3, 0.4) is 0 Å². The quantitative estimate of drug-likeness (QED) is 0.785. The molecule has 0 bridgehead atoms. The number of nitrogens with one attached hydrogen (secondary N) is 1. The maximum atomic E-state index is 10.6. The summed E-state index contributed by atoms with van der Waals surface area (Å²) in [5.41, 5.74) is 0. The van der Waals surface area contributed by atoms with Gasteiger partial charge in [-0.25, -0.2) is 4.79 Å². The van der Waals surface area contributed by atoms with E-state index in [-0.39, 0.29) is 11.8 Å². The number of carbonyl (C=O) groups is 1. The molecule has 0 radical (unpaired) electrons. The highest BCUT2D eigenvalue weighted by molar-refractivity contribution is 5.84. The van der Waals surface area contributed by atoms with Gasteiger partial charge in [-0.1, -0.05) is 6.92 Å². The number of carboxylic acid groups (broad SMARTS) is 1. The second-order valence-corrected chi connectivity index (χ2v) is 3.70. The van der Waals surface area contributed by atoms with Crippen LogP contribution in [0.25, 0.3) is 0 Å². The SMILES string of the molecule is CCC(C)NC(C)c1ccc(C(=O)O)o1. The Morgan fingerprint density at radius 2 is 2.20 bits per heavy atom. The second kappa shape index (κ2) is 4.98. The van der Waals surface area contributed by atoms with Gasteiger partial charge in [-0.3, -0.25) is 0 Å². The first-order valence-corrected chi connectivity index (χ1v) is 5.13. The third kappa shape index (κ3) is 3.09. The summed E-state index contributed by atoms with van der Waals surface area (Å²) in [6.45, 7) is 6.13. The molecule has 4 heteroatoms. The molecule has 0 saturated heterocycles. The summed E-state index contributed by atoms with van der Waals surface area (Å²) in [6, 6.07) is 3.60. The fraction of sp³-hybridized carbons (Fsp3) is 0.545. The minimum absolute atomic E-state index is 0.0113. The molecule has 1 aromatic rings. The first-order valence-electron chi connectivity index (χ1n) is 5.13. The number of aromatic carboxylic acids is 1. The van der Waals surface area contributed by atoms with Crippen LogP contribution >= 0.6 is 0 Å². The van der Waals surface area contributed by atoms with Crippen molar-refractivity contribution in [1.82, 2.24) is 5.32 Å². The number of furan rings is 1. The topological polar surface area (TPSA) is 62.5 Å². The van der Waals surface area contributed by atoms with E-state index in [1.165, 1.54) is 6.07 Å². The monoisotopic (exact) mass is 211 g/mol. The molecule has 1 rings (SSSR count). The summed E-state index contributed by atoms with van der Waals surface area (Å²) >= 11 is 0. The highest BCUT2D eigenvalue weighted by Gasteiger charge is 2.14. The van der Waals surface area contributed by atoms with Crippen LogP contribution in [0.5, 0.6) is 0 Å². The molecule has 0 aliphatic rings. The standard InChI is InChI=1S/C11H17NO3/c1-4-7(2)12-8(3)9-5-6-10(15-9)11(13)14/h5-8,12H,4H2,1-3H3,(H,13,14). The summed E-state index contributed by atoms with van der Waals surface area (Å²) in [7, 11) is 0. The first-order chi connectivity index (χ1) is 7.04. The fourth-order valence-corrected chi connectivity index (χ4v) is 1.33. The third-order valence-corrected chi connectivity index (χ3v) is 2.41. The zero-order valence-electron chi connectivity index (χ0n) is 9.28. The van der Waals surface area contributed by atoms with E-state index in [4.69, 9.17) is 9.52 Å². The number of hydrogen-bond donors (Lipinski definition) is 2. The summed E-state index contributed by atoms with van der Waals surface area (Å²) in [5, 5.41) is 12.0. The van der Waals surface area contributed by atoms with Crippen molar-refractivity contribution in [2.45, 2.75) is 39.3 Å². The Kier molecular flexibility index (Phi) is 3.91. The normalized spacial score (nSPS) is 14.9. The van der Waals surface area contributed by atoms with Crippen LogP contribution in [-0.2, 0) is 0 Å². The van der Waals surface area contributed by atoms with Crippen LogP contribution in [0.15, 0.2) is 16.5 Å². The van der Waals surface area contributed by atoms with Gasteiger partial charge >= 0.3 is 5.97 Å². The Morgan fingerprint density at radius 1 is 1.53 bits per heavy atom. The largest absolute Gasteiger partial charge is 0.475 e. The number of carboxylic acids is 1. The third-order valence-electron chi connectivity index (χ3n) is 2.41. The molecule has 0 saturated carbocycles. The predicted octanol–water partition coefficient (Wildman–Crippen LogP) is 2.43. The molecule has 84 valence electrons. The summed E-state index contributed by atoms with van der Waals surface area (Å²) < 4.78 is 5.19. The van der Waals surface area contributed by atoms with E-state index in [0.29, 0.717) is 11.8 Å². The van der Waals surface area contributed by atoms with Crippen LogP contribution in [0.2, 0.25) is 0 Å². The Bertz CT molecular complexity index is 332. The molecule has 1 aromatic heterocycles. The lowest BCUT2D eigenvalue weighted by Gasteiger charge is -2.16. The van der Waals surface area contributed by atoms with Gasteiger partial charge in [0.25, 0.3) is 0 Å². The van der Waals surface area contributed by atoms with Gasteiger partial charge in [0.15, 0.2) is 0 Å². The van der Waals surface area contributed by atoms with Gasteiger partial charge in [0, 0.05) is 6.04 Å². The molecule has 0 spiro atoms. The maximum absolute atomic E-state index is 10.6. The maximum Gasteiger partial charge on any atom is 0.371 e. The lowest BCUT2D eigenvalue weighted by atomic mass is 10.2. The van der Waals surface area contributed by atoms with Crippen molar-refractivity contribution in [2.24, 2.45) is 0 Å². The molecule has 0 aliphatic carbocycles. The van der Waals surface area contributed by atoms with Gasteiger partial charge in [-0.2, -0.15) is 0 Å². The Balaban J connectivity index is 2.65. The van der Waals surface area contributed by atoms with Crippen LogP contribution in [0.1, 0.15) is 49.5 Å². The molecule has 4 nitrogen and oxygen atoms in total. The highest BCUT2D eigenvalue weighted by Crippen LogP contribution is 2.17. The van der Waals surface area contributed by atoms with Crippen molar-refractivity contribution >= 4 is 5.97 Å². The zero-order valence-corrected chi connectivity index (χ0v) is 9.28. The van der Waals surface area contributed by atoms with E-state index >= 15 is 0 Å². The molecule has 15 heavy (non-hydrogen) atoms. The van der Waals surface area contributed by atoms with Crippen molar-refractivity contribution < 1.29 is 14.3 Å². The Hall–Kier alpha value is -1.29. The molecule has 0 fully saturated rings. The minimum atomic E-state index is -1.03. The molecular formula is C11H17NO3. The molecule has 2 N–H and O–H groups in total. The van der Waals surface area contributed by atoms with Crippen molar-refractivity contribution in [2.75, 3.05) is 0 Å². The van der Waals surface area contributed by atoms with Gasteiger partial charge in [-0.05, 0) is 32.4 Å². The van der Waals surface area contributed by atoms with Gasteiger partial charge in [-0.15, -0.1) is 0 Å². The molecule has 0 aliphatic heterocycles. The molecule has 0 amide bonds. The lowest BCUT2D eigenvalue weighted by Crippen LogP contribution is -2.27. The number of rotatable bonds is 5. The van der Waals surface area contributed by atoms with Gasteiger partial charge < -0.3 is 14.8 Å². The second-order valence-electron chi connectivity index (χ2n) is 3.70. The lowest BCUT2D eigenvalue weighted by molar-refractivity contribution is 0.0659. The van der Waals surface area contributed by atoms with Crippen LogP contribution in [0.4, 0.5) is 0 Å². The van der Waals surface area contributed by atoms with E-state index in [1.807, 2.05) is 6.92 Å². The number of hydrogen-bond acceptors (Lipinski definition) is 3. The fourth-order valence-electron chi connectivity index (χ4n) is 1.33. The van der Waals surface area contributed by atoms with E-state index < -0.39 is 5.97 Å². The van der Waals surface area contributed by atoms with Gasteiger partial charge in [0.2, 0.25) is 5.76 Å². The average molecular weight is 211 g/mol. The summed E-state index contributed by atoms with van der Waals surface area (Å²) in [4.78, 5) is 10.6. The van der Waals surface area contributed by atoms with Crippen molar-refractivity contribution in [3.8, 4) is 0 Å². The first kappa shape index (κ1) is 11.8. The van der Waals surface area contributed by atoms with Crippen LogP contribution in [0, 0.1) is 0 Å². The van der Waals surface area contributed by atoms with E-state index in [0.717, 1.165) is 6.42 Å². The smallest absolute Gasteiger partial charge is 0.371 e. The Morgan fingerprint density at radius 3 is 2.67 bits per heavy atom. The van der Waals surface area contributed by atoms with E-state index in [1.54, 1.807) is 6.07 Å². The average Bonchev–Trinajstić information content (AvgIpc) is 2.66. The molecule has 2 atom stereocenters. The van der Waals surface area contributed by atoms with E-state index in [9.17, 15) is 4.79 Å². The van der Waals surface area contributed by atoms with Gasteiger partial charge in [0.05, 0.1) is 6.04 Å². The molecule has 0 aromatic carbocycles. The molecule has 2 unspecified atom stereocenters. The highest BCUT2D eigenvalue weighted by atomic mass is 16.4. The summed E-state index contributed by atoms with van der Waals surface area (Å²) in [6.07, 6.45) is 1.02. The predicted molar refractivity (Wildman–Crippen MR) is 57.0 cm³/mol. The Labute approximate surface area is 89.3 Å².